The average Bonchev–Trinajstić information content (AvgIpc) is 2.39. The molecule has 0 heterocycles. The lowest BCUT2D eigenvalue weighted by Gasteiger charge is -2.14. The van der Waals surface area contributed by atoms with Gasteiger partial charge in [0.25, 0.3) is 0 Å². The normalized spacial score (nSPS) is 11.6. The second-order valence-electron chi connectivity index (χ2n) is 4.09. The molecule has 0 amide bonds. The molecule has 0 spiro atoms. The van der Waals surface area contributed by atoms with Gasteiger partial charge < -0.3 is 9.47 Å². The van der Waals surface area contributed by atoms with Gasteiger partial charge in [0.2, 0.25) is 0 Å². The molecule has 0 fully saturated rings. The van der Waals surface area contributed by atoms with Crippen LogP contribution in [0.5, 0.6) is 5.75 Å². The molecule has 0 radical (unpaired) electrons. The van der Waals surface area contributed by atoms with Crippen LogP contribution in [0.25, 0.3) is 0 Å². The highest BCUT2D eigenvalue weighted by Gasteiger charge is 2.06. The lowest BCUT2D eigenvalue weighted by Crippen LogP contribution is -2.14. The maximum absolute atomic E-state index is 13.7. The Labute approximate surface area is 118 Å². The first kappa shape index (κ1) is 15.8. The molecule has 1 aromatic rings. The van der Waals surface area contributed by atoms with Crippen LogP contribution in [0.1, 0.15) is 25.3 Å². The highest BCUT2D eigenvalue weighted by Crippen LogP contribution is 2.18. The molecule has 2 nitrogen and oxygen atoms in total. The maximum Gasteiger partial charge on any atom is 0.142 e. The summed E-state index contributed by atoms with van der Waals surface area (Å²) in [7, 11) is 1.64. The molecule has 0 aliphatic rings. The second-order valence-corrected chi connectivity index (χ2v) is 4.47. The molecular weight excluding hydrogens is 267 g/mol. The molecule has 0 aromatic heterocycles. The Morgan fingerprint density at radius 3 is 2.84 bits per heavy atom. The summed E-state index contributed by atoms with van der Waals surface area (Å²) in [4.78, 5) is 0. The summed E-state index contributed by atoms with van der Waals surface area (Å²) in [6, 6.07) is 4.69. The zero-order valence-electron chi connectivity index (χ0n) is 11.2. The highest BCUT2D eigenvalue weighted by atomic mass is 35.5. The van der Waals surface area contributed by atoms with E-state index in [2.05, 4.69) is 11.8 Å². The molecule has 0 saturated heterocycles. The molecule has 1 aromatic carbocycles. The number of ether oxygens (including phenoxy) is 2. The van der Waals surface area contributed by atoms with Crippen molar-refractivity contribution in [2.24, 2.45) is 0 Å². The second kappa shape index (κ2) is 8.79. The highest BCUT2D eigenvalue weighted by molar-refractivity contribution is 6.18. The lowest BCUT2D eigenvalue weighted by atomic mass is 10.2. The van der Waals surface area contributed by atoms with E-state index in [0.29, 0.717) is 30.2 Å². The minimum Gasteiger partial charge on any atom is -0.491 e. The van der Waals surface area contributed by atoms with Gasteiger partial charge in [-0.3, -0.25) is 0 Å². The van der Waals surface area contributed by atoms with Gasteiger partial charge in [0, 0.05) is 38.5 Å². The van der Waals surface area contributed by atoms with E-state index in [0.717, 1.165) is 6.42 Å². The van der Waals surface area contributed by atoms with Crippen LogP contribution in [0.4, 0.5) is 4.39 Å². The van der Waals surface area contributed by atoms with E-state index in [9.17, 15) is 4.39 Å². The van der Waals surface area contributed by atoms with Crippen molar-refractivity contribution >= 4 is 11.6 Å². The summed E-state index contributed by atoms with van der Waals surface area (Å²) >= 11 is 5.51. The zero-order valence-corrected chi connectivity index (χ0v) is 12.0. The van der Waals surface area contributed by atoms with Crippen molar-refractivity contribution in [3.63, 3.8) is 0 Å². The van der Waals surface area contributed by atoms with E-state index in [1.54, 1.807) is 19.2 Å². The van der Waals surface area contributed by atoms with Crippen LogP contribution >= 0.6 is 11.6 Å². The summed E-state index contributed by atoms with van der Waals surface area (Å²) in [5.41, 5.74) is 0.363. The van der Waals surface area contributed by atoms with Crippen molar-refractivity contribution in [1.29, 1.82) is 0 Å². The molecule has 0 aliphatic carbocycles. The number of alkyl halides is 1. The smallest absolute Gasteiger partial charge is 0.142 e. The SMILES string of the molecule is COCCC(C)Oc1ccc(C#CCCCl)c(F)c1. The fourth-order valence-corrected chi connectivity index (χ4v) is 1.55. The van der Waals surface area contributed by atoms with Gasteiger partial charge in [0.05, 0.1) is 11.7 Å². The Morgan fingerprint density at radius 1 is 1.42 bits per heavy atom. The summed E-state index contributed by atoms with van der Waals surface area (Å²) in [6.45, 7) is 2.54. The van der Waals surface area contributed by atoms with E-state index in [1.807, 2.05) is 6.92 Å². The van der Waals surface area contributed by atoms with Gasteiger partial charge in [0.1, 0.15) is 11.6 Å². The number of benzene rings is 1. The number of rotatable bonds is 6. The molecule has 1 rings (SSSR count). The Bertz CT molecular complexity index is 451. The molecule has 0 bridgehead atoms. The summed E-state index contributed by atoms with van der Waals surface area (Å²) < 4.78 is 24.3. The Morgan fingerprint density at radius 2 is 2.21 bits per heavy atom. The fraction of sp³-hybridized carbons (Fsp3) is 0.467. The van der Waals surface area contributed by atoms with Crippen LogP contribution in [-0.4, -0.2) is 25.7 Å². The van der Waals surface area contributed by atoms with E-state index in [4.69, 9.17) is 21.1 Å². The van der Waals surface area contributed by atoms with Crippen molar-refractivity contribution in [1.82, 2.24) is 0 Å². The van der Waals surface area contributed by atoms with Crippen molar-refractivity contribution in [3.8, 4) is 17.6 Å². The third-order valence-corrected chi connectivity index (χ3v) is 2.64. The number of hydrogen-bond donors (Lipinski definition) is 0. The average molecular weight is 285 g/mol. The molecule has 4 heteroatoms. The van der Waals surface area contributed by atoms with Gasteiger partial charge in [-0.25, -0.2) is 4.39 Å². The van der Waals surface area contributed by atoms with E-state index in [1.165, 1.54) is 6.07 Å². The first-order chi connectivity index (χ1) is 9.17. The summed E-state index contributed by atoms with van der Waals surface area (Å²) in [5.74, 6) is 6.12. The minimum absolute atomic E-state index is 0.0208. The molecule has 1 atom stereocenters. The van der Waals surface area contributed by atoms with Crippen LogP contribution in [0, 0.1) is 17.7 Å². The molecule has 0 N–H and O–H groups in total. The predicted molar refractivity (Wildman–Crippen MR) is 75.2 cm³/mol. The van der Waals surface area contributed by atoms with Gasteiger partial charge in [0.15, 0.2) is 0 Å². The maximum atomic E-state index is 13.7. The first-order valence-electron chi connectivity index (χ1n) is 6.17. The monoisotopic (exact) mass is 284 g/mol. The third-order valence-electron chi connectivity index (χ3n) is 2.45. The fourth-order valence-electron chi connectivity index (χ4n) is 1.45. The molecule has 0 aliphatic heterocycles. The minimum atomic E-state index is -0.376. The molecule has 0 saturated carbocycles. The third kappa shape index (κ3) is 5.96. The molecule has 19 heavy (non-hydrogen) atoms. The van der Waals surface area contributed by atoms with E-state index in [-0.39, 0.29) is 11.9 Å². The molecule has 104 valence electrons. The predicted octanol–water partition coefficient (Wildman–Crippen LogP) is 3.61. The topological polar surface area (TPSA) is 18.5 Å². The van der Waals surface area contributed by atoms with Crippen molar-refractivity contribution in [2.45, 2.75) is 25.9 Å². The number of hydrogen-bond acceptors (Lipinski definition) is 2. The molecular formula is C15H18ClFO2. The van der Waals surface area contributed by atoms with Crippen molar-refractivity contribution < 1.29 is 13.9 Å². The van der Waals surface area contributed by atoms with Gasteiger partial charge in [-0.1, -0.05) is 11.8 Å². The van der Waals surface area contributed by atoms with Gasteiger partial charge in [-0.2, -0.15) is 0 Å². The Hall–Kier alpha value is -1.24. The van der Waals surface area contributed by atoms with Crippen LogP contribution in [0.15, 0.2) is 18.2 Å². The van der Waals surface area contributed by atoms with Gasteiger partial charge in [-0.15, -0.1) is 11.6 Å². The number of halogens is 2. The van der Waals surface area contributed by atoms with Crippen molar-refractivity contribution in [2.75, 3.05) is 19.6 Å². The summed E-state index contributed by atoms with van der Waals surface area (Å²) in [6.07, 6.45) is 1.29. The van der Waals surface area contributed by atoms with Crippen LogP contribution in [-0.2, 0) is 4.74 Å². The lowest BCUT2D eigenvalue weighted by molar-refractivity contribution is 0.135. The van der Waals surface area contributed by atoms with Gasteiger partial charge in [-0.05, 0) is 19.1 Å². The van der Waals surface area contributed by atoms with Crippen molar-refractivity contribution in [3.05, 3.63) is 29.6 Å². The van der Waals surface area contributed by atoms with Gasteiger partial charge >= 0.3 is 0 Å². The zero-order chi connectivity index (χ0) is 14.1. The summed E-state index contributed by atoms with van der Waals surface area (Å²) in [5, 5.41) is 0. The standard InChI is InChI=1S/C15H18ClFO2/c1-12(8-10-18-2)19-14-7-6-13(15(17)11-14)5-3-4-9-16/h6-7,11-12H,4,8-10H2,1-2H3. The first-order valence-corrected chi connectivity index (χ1v) is 6.70. The van der Waals surface area contributed by atoms with Crippen LogP contribution in [0.2, 0.25) is 0 Å². The number of methoxy groups -OCH3 is 1. The quantitative estimate of drug-likeness (QED) is 0.587. The van der Waals surface area contributed by atoms with Crippen LogP contribution < -0.4 is 4.74 Å². The Balaban J connectivity index is 2.64. The largest absolute Gasteiger partial charge is 0.491 e. The molecule has 1 unspecified atom stereocenters. The van der Waals surface area contributed by atoms with E-state index >= 15 is 0 Å². The van der Waals surface area contributed by atoms with E-state index < -0.39 is 0 Å². The Kier molecular flexibility index (Phi) is 7.32. The van der Waals surface area contributed by atoms with Crippen LogP contribution in [0.3, 0.4) is 0 Å².